The number of aliphatic imine (C=N–C) groups is 1. The zero-order valence-electron chi connectivity index (χ0n) is 16.8. The van der Waals surface area contributed by atoms with Crippen molar-refractivity contribution in [3.8, 4) is 0 Å². The fraction of sp³-hybridized carbons (Fsp3) is 0.667. The summed E-state index contributed by atoms with van der Waals surface area (Å²) in [6.45, 7) is 8.79. The third-order valence-corrected chi connectivity index (χ3v) is 4.89. The predicted octanol–water partition coefficient (Wildman–Crippen LogP) is 3.55. The van der Waals surface area contributed by atoms with Crippen LogP contribution in [0.4, 0.5) is 5.69 Å². The summed E-state index contributed by atoms with van der Waals surface area (Å²) in [5.74, 6) is 0.879. The Morgan fingerprint density at radius 1 is 1.19 bits per heavy atom. The molecule has 2 rings (SSSR count). The van der Waals surface area contributed by atoms with Gasteiger partial charge in [0.2, 0.25) is 0 Å². The molecule has 1 fully saturated rings. The fourth-order valence-corrected chi connectivity index (χ4v) is 3.33. The Morgan fingerprint density at radius 2 is 1.96 bits per heavy atom. The number of para-hydroxylation sites is 1. The van der Waals surface area contributed by atoms with E-state index in [0.29, 0.717) is 6.04 Å². The van der Waals surface area contributed by atoms with E-state index in [0.717, 1.165) is 38.8 Å². The van der Waals surface area contributed by atoms with Crippen LogP contribution < -0.4 is 15.5 Å². The molecule has 1 heterocycles. The van der Waals surface area contributed by atoms with E-state index < -0.39 is 0 Å². The van der Waals surface area contributed by atoms with Gasteiger partial charge in [0.05, 0.1) is 13.2 Å². The minimum Gasteiger partial charge on any atom is -0.378 e. The molecular formula is C21H36N4O. The average molecular weight is 361 g/mol. The molecule has 146 valence electrons. The Hall–Kier alpha value is -1.75. The molecule has 1 atom stereocenters. The minimum absolute atomic E-state index is 0.438. The molecule has 0 aliphatic carbocycles. The molecule has 0 bridgehead atoms. The van der Waals surface area contributed by atoms with Crippen LogP contribution in [0.25, 0.3) is 0 Å². The van der Waals surface area contributed by atoms with Gasteiger partial charge in [0.15, 0.2) is 5.96 Å². The van der Waals surface area contributed by atoms with Crippen LogP contribution in [0.2, 0.25) is 0 Å². The van der Waals surface area contributed by atoms with Gasteiger partial charge in [-0.2, -0.15) is 0 Å². The zero-order valence-corrected chi connectivity index (χ0v) is 16.8. The van der Waals surface area contributed by atoms with Crippen LogP contribution in [-0.2, 0) is 11.3 Å². The van der Waals surface area contributed by atoms with E-state index in [1.54, 1.807) is 0 Å². The van der Waals surface area contributed by atoms with Gasteiger partial charge in [-0.15, -0.1) is 0 Å². The van der Waals surface area contributed by atoms with Gasteiger partial charge in [-0.1, -0.05) is 50.8 Å². The normalized spacial score (nSPS) is 16.4. The first kappa shape index (κ1) is 20.6. The zero-order chi connectivity index (χ0) is 18.6. The molecule has 1 saturated heterocycles. The van der Waals surface area contributed by atoms with E-state index in [1.165, 1.54) is 43.4 Å². The fourth-order valence-electron chi connectivity index (χ4n) is 3.33. The van der Waals surface area contributed by atoms with E-state index >= 15 is 0 Å². The van der Waals surface area contributed by atoms with Gasteiger partial charge in [-0.05, 0) is 25.0 Å². The van der Waals surface area contributed by atoms with Gasteiger partial charge in [0.1, 0.15) is 0 Å². The highest BCUT2D eigenvalue weighted by molar-refractivity contribution is 5.80. The quantitative estimate of drug-likeness (QED) is 0.402. The molecule has 1 aliphatic heterocycles. The summed E-state index contributed by atoms with van der Waals surface area (Å²) in [5.41, 5.74) is 2.60. The largest absolute Gasteiger partial charge is 0.378 e. The van der Waals surface area contributed by atoms with Crippen LogP contribution in [0, 0.1) is 0 Å². The van der Waals surface area contributed by atoms with Crippen molar-refractivity contribution in [2.75, 3.05) is 38.3 Å². The SMILES string of the molecule is CCCCCCC(C)NC(=NC)NCc1ccccc1N1CCOCC1. The first-order valence-electron chi connectivity index (χ1n) is 10.1. The van der Waals surface area contributed by atoms with Crippen LogP contribution in [0.15, 0.2) is 29.3 Å². The Labute approximate surface area is 159 Å². The van der Waals surface area contributed by atoms with Gasteiger partial charge >= 0.3 is 0 Å². The molecule has 1 unspecified atom stereocenters. The molecule has 26 heavy (non-hydrogen) atoms. The molecule has 5 nitrogen and oxygen atoms in total. The summed E-state index contributed by atoms with van der Waals surface area (Å²) >= 11 is 0. The molecule has 0 spiro atoms. The molecule has 0 saturated carbocycles. The summed E-state index contributed by atoms with van der Waals surface area (Å²) in [7, 11) is 1.84. The summed E-state index contributed by atoms with van der Waals surface area (Å²) in [5, 5.41) is 7.00. The number of morpholine rings is 1. The summed E-state index contributed by atoms with van der Waals surface area (Å²) in [6.07, 6.45) is 6.40. The number of unbranched alkanes of at least 4 members (excludes halogenated alkanes) is 3. The molecular weight excluding hydrogens is 324 g/mol. The Kier molecular flexibility index (Phi) is 9.32. The summed E-state index contributed by atoms with van der Waals surface area (Å²) < 4.78 is 5.48. The van der Waals surface area contributed by atoms with Crippen molar-refractivity contribution in [3.05, 3.63) is 29.8 Å². The van der Waals surface area contributed by atoms with Crippen LogP contribution in [-0.4, -0.2) is 45.4 Å². The molecule has 5 heteroatoms. The first-order valence-corrected chi connectivity index (χ1v) is 10.1. The van der Waals surface area contributed by atoms with E-state index in [1.807, 2.05) is 7.05 Å². The smallest absolute Gasteiger partial charge is 0.191 e. The lowest BCUT2D eigenvalue weighted by Crippen LogP contribution is -2.42. The lowest BCUT2D eigenvalue weighted by atomic mass is 10.1. The highest BCUT2D eigenvalue weighted by atomic mass is 16.5. The number of ether oxygens (including phenoxy) is 1. The second kappa shape index (κ2) is 11.8. The standard InChI is InChI=1S/C21H36N4O/c1-4-5-6-7-10-18(2)24-21(22-3)23-17-19-11-8-9-12-20(19)25-13-15-26-16-14-25/h8-9,11-12,18H,4-7,10,13-17H2,1-3H3,(H2,22,23,24). The molecule has 1 aliphatic rings. The lowest BCUT2D eigenvalue weighted by Gasteiger charge is -2.30. The van der Waals surface area contributed by atoms with Crippen LogP contribution >= 0.6 is 0 Å². The van der Waals surface area contributed by atoms with E-state index in [-0.39, 0.29) is 0 Å². The molecule has 0 amide bonds. The van der Waals surface area contributed by atoms with Crippen molar-refractivity contribution in [1.82, 2.24) is 10.6 Å². The number of anilines is 1. The second-order valence-electron chi connectivity index (χ2n) is 7.05. The van der Waals surface area contributed by atoms with Gasteiger partial charge in [-0.25, -0.2) is 0 Å². The molecule has 2 N–H and O–H groups in total. The average Bonchev–Trinajstić information content (AvgIpc) is 2.69. The molecule has 0 aromatic heterocycles. The van der Waals surface area contributed by atoms with Crippen molar-refractivity contribution in [3.63, 3.8) is 0 Å². The van der Waals surface area contributed by atoms with Crippen LogP contribution in [0.5, 0.6) is 0 Å². The molecule has 0 radical (unpaired) electrons. The van der Waals surface area contributed by atoms with E-state index in [9.17, 15) is 0 Å². The molecule has 1 aromatic rings. The third kappa shape index (κ3) is 6.87. The topological polar surface area (TPSA) is 48.9 Å². The van der Waals surface area contributed by atoms with Gasteiger partial charge < -0.3 is 20.3 Å². The van der Waals surface area contributed by atoms with E-state index in [2.05, 4.69) is 58.6 Å². The highest BCUT2D eigenvalue weighted by Gasteiger charge is 2.14. The second-order valence-corrected chi connectivity index (χ2v) is 7.05. The summed E-state index contributed by atoms with van der Waals surface area (Å²) in [4.78, 5) is 6.80. The minimum atomic E-state index is 0.438. The lowest BCUT2D eigenvalue weighted by molar-refractivity contribution is 0.122. The van der Waals surface area contributed by atoms with Crippen molar-refractivity contribution >= 4 is 11.6 Å². The van der Waals surface area contributed by atoms with Crippen molar-refractivity contribution in [2.45, 2.75) is 58.5 Å². The highest BCUT2D eigenvalue weighted by Crippen LogP contribution is 2.21. The van der Waals surface area contributed by atoms with Crippen molar-refractivity contribution < 1.29 is 4.74 Å². The summed E-state index contributed by atoms with van der Waals surface area (Å²) in [6, 6.07) is 9.05. The van der Waals surface area contributed by atoms with Crippen LogP contribution in [0.3, 0.4) is 0 Å². The number of benzene rings is 1. The maximum atomic E-state index is 5.48. The Morgan fingerprint density at radius 3 is 2.69 bits per heavy atom. The van der Waals surface area contributed by atoms with Gasteiger partial charge in [-0.3, -0.25) is 4.99 Å². The number of hydrogen-bond acceptors (Lipinski definition) is 3. The van der Waals surface area contributed by atoms with E-state index in [4.69, 9.17) is 4.74 Å². The maximum Gasteiger partial charge on any atom is 0.191 e. The van der Waals surface area contributed by atoms with Crippen molar-refractivity contribution in [2.24, 2.45) is 4.99 Å². The maximum absolute atomic E-state index is 5.48. The Balaban J connectivity index is 1.84. The number of guanidine groups is 1. The van der Waals surface area contributed by atoms with Crippen LogP contribution in [0.1, 0.15) is 51.5 Å². The monoisotopic (exact) mass is 360 g/mol. The number of nitrogens with one attached hydrogen (secondary N) is 2. The van der Waals surface area contributed by atoms with Crippen molar-refractivity contribution in [1.29, 1.82) is 0 Å². The Bertz CT molecular complexity index is 541. The van der Waals surface area contributed by atoms with Gasteiger partial charge in [0, 0.05) is 38.4 Å². The number of rotatable bonds is 9. The molecule has 1 aromatic carbocycles. The number of nitrogens with zero attached hydrogens (tertiary/aromatic N) is 2. The first-order chi connectivity index (χ1) is 12.7. The predicted molar refractivity (Wildman–Crippen MR) is 111 cm³/mol. The van der Waals surface area contributed by atoms with Gasteiger partial charge in [0.25, 0.3) is 0 Å². The third-order valence-electron chi connectivity index (χ3n) is 4.89. The number of hydrogen-bond donors (Lipinski definition) is 2.